The van der Waals surface area contributed by atoms with E-state index in [4.69, 9.17) is 4.74 Å². The van der Waals surface area contributed by atoms with Gasteiger partial charge in [0.05, 0.1) is 16.3 Å². The molecular formula is C21H19F3N2O3S. The van der Waals surface area contributed by atoms with Crippen molar-refractivity contribution in [1.82, 2.24) is 9.88 Å². The van der Waals surface area contributed by atoms with Crippen LogP contribution in [0.4, 0.5) is 13.2 Å². The van der Waals surface area contributed by atoms with Gasteiger partial charge in [-0.05, 0) is 12.5 Å². The molecule has 0 saturated heterocycles. The number of fused-ring (bicyclic) bond motifs is 1. The van der Waals surface area contributed by atoms with Crippen molar-refractivity contribution >= 4 is 33.4 Å². The van der Waals surface area contributed by atoms with Gasteiger partial charge in [-0.25, -0.2) is 18.2 Å². The highest BCUT2D eigenvalue weighted by Crippen LogP contribution is 2.29. The maximum absolute atomic E-state index is 13.9. The van der Waals surface area contributed by atoms with Gasteiger partial charge in [0.25, 0.3) is 0 Å². The Morgan fingerprint density at radius 3 is 2.57 bits per heavy atom. The number of carbonyl (C=O) groups is 2. The minimum atomic E-state index is -1.31. The summed E-state index contributed by atoms with van der Waals surface area (Å²) < 4.78 is 45.9. The van der Waals surface area contributed by atoms with Gasteiger partial charge < -0.3 is 9.64 Å². The lowest BCUT2D eigenvalue weighted by molar-refractivity contribution is -0.149. The Morgan fingerprint density at radius 1 is 1.13 bits per heavy atom. The number of halogens is 3. The third-order valence-corrected chi connectivity index (χ3v) is 5.43. The summed E-state index contributed by atoms with van der Waals surface area (Å²) >= 11 is 0.871. The van der Waals surface area contributed by atoms with E-state index in [-0.39, 0.29) is 48.7 Å². The topological polar surface area (TPSA) is 59.5 Å². The minimum Gasteiger partial charge on any atom is -0.465 e. The summed E-state index contributed by atoms with van der Waals surface area (Å²) in [6.45, 7) is 1.88. The van der Waals surface area contributed by atoms with Crippen LogP contribution >= 0.6 is 11.3 Å². The Kier molecular flexibility index (Phi) is 7.04. The molecule has 0 aliphatic carbocycles. The number of aryl methyl sites for hydroxylation is 1. The Morgan fingerprint density at radius 2 is 1.87 bits per heavy atom. The fraction of sp³-hybridized carbons (Fsp3) is 0.286. The summed E-state index contributed by atoms with van der Waals surface area (Å²) in [5.41, 5.74) is 0.461. The van der Waals surface area contributed by atoms with Crippen LogP contribution in [0.25, 0.3) is 10.2 Å². The van der Waals surface area contributed by atoms with Crippen LogP contribution in [0.2, 0.25) is 0 Å². The molecule has 0 aliphatic rings. The number of thiazole rings is 1. The minimum absolute atomic E-state index is 0.0300. The molecule has 9 heteroatoms. The van der Waals surface area contributed by atoms with E-state index in [0.717, 1.165) is 16.9 Å². The first-order valence-electron chi connectivity index (χ1n) is 9.29. The van der Waals surface area contributed by atoms with Crippen LogP contribution in [0.3, 0.4) is 0 Å². The molecule has 158 valence electrons. The van der Waals surface area contributed by atoms with E-state index in [9.17, 15) is 22.8 Å². The lowest BCUT2D eigenvalue weighted by Crippen LogP contribution is -2.36. The highest BCUT2D eigenvalue weighted by atomic mass is 32.1. The number of esters is 1. The second-order valence-corrected chi connectivity index (χ2v) is 7.56. The van der Waals surface area contributed by atoms with Crippen LogP contribution in [0.1, 0.15) is 23.9 Å². The van der Waals surface area contributed by atoms with Gasteiger partial charge in [-0.1, -0.05) is 30.3 Å². The van der Waals surface area contributed by atoms with Crippen molar-refractivity contribution in [2.45, 2.75) is 26.3 Å². The predicted octanol–water partition coefficient (Wildman–Crippen LogP) is 4.24. The van der Waals surface area contributed by atoms with E-state index in [1.165, 1.54) is 4.90 Å². The molecule has 1 amide bonds. The molecule has 0 atom stereocenters. The Balaban J connectivity index is 1.73. The molecule has 0 fully saturated rings. The van der Waals surface area contributed by atoms with Crippen LogP contribution in [0.5, 0.6) is 0 Å². The molecule has 1 aromatic heterocycles. The van der Waals surface area contributed by atoms with Crippen molar-refractivity contribution in [2.75, 3.05) is 13.2 Å². The van der Waals surface area contributed by atoms with Crippen molar-refractivity contribution in [3.63, 3.8) is 0 Å². The lowest BCUT2D eigenvalue weighted by atomic mass is 10.2. The normalized spacial score (nSPS) is 10.9. The smallest absolute Gasteiger partial charge is 0.325 e. The van der Waals surface area contributed by atoms with E-state index < -0.39 is 23.4 Å². The summed E-state index contributed by atoms with van der Waals surface area (Å²) in [7, 11) is 0. The maximum Gasteiger partial charge on any atom is 0.325 e. The molecule has 30 heavy (non-hydrogen) atoms. The average molecular weight is 436 g/mol. The molecule has 0 unspecified atom stereocenters. The summed E-state index contributed by atoms with van der Waals surface area (Å²) in [5, 5.41) is 0.303. The Labute approximate surface area is 175 Å². The van der Waals surface area contributed by atoms with E-state index >= 15 is 0 Å². The summed E-state index contributed by atoms with van der Waals surface area (Å²) in [4.78, 5) is 30.0. The average Bonchev–Trinajstić information content (AvgIpc) is 3.16. The Hall–Kier alpha value is -2.94. The quantitative estimate of drug-likeness (QED) is 0.392. The number of nitrogens with zero attached hydrogens (tertiary/aromatic N) is 2. The fourth-order valence-corrected chi connectivity index (χ4v) is 3.87. The van der Waals surface area contributed by atoms with Crippen molar-refractivity contribution in [3.05, 3.63) is 64.4 Å². The number of rotatable bonds is 8. The molecule has 1 heterocycles. The molecule has 0 saturated carbocycles. The lowest BCUT2D eigenvalue weighted by Gasteiger charge is -2.21. The number of ether oxygens (including phenoxy) is 1. The van der Waals surface area contributed by atoms with E-state index in [1.807, 2.05) is 30.3 Å². The fourth-order valence-electron chi connectivity index (χ4n) is 2.91. The molecule has 0 spiro atoms. The van der Waals surface area contributed by atoms with Gasteiger partial charge in [0.15, 0.2) is 11.6 Å². The Bertz CT molecular complexity index is 1060. The first-order chi connectivity index (χ1) is 14.4. The predicted molar refractivity (Wildman–Crippen MR) is 106 cm³/mol. The van der Waals surface area contributed by atoms with E-state index in [0.29, 0.717) is 11.1 Å². The molecule has 0 radical (unpaired) electrons. The highest BCUT2D eigenvalue weighted by Gasteiger charge is 2.21. The molecule has 2 aromatic carbocycles. The van der Waals surface area contributed by atoms with Gasteiger partial charge in [-0.3, -0.25) is 9.59 Å². The second-order valence-electron chi connectivity index (χ2n) is 6.48. The maximum atomic E-state index is 13.9. The summed E-state index contributed by atoms with van der Waals surface area (Å²) in [5.74, 6) is -4.28. The highest BCUT2D eigenvalue weighted by molar-refractivity contribution is 7.18. The molecule has 3 aromatic rings. The van der Waals surface area contributed by atoms with Crippen LogP contribution in [-0.4, -0.2) is 34.9 Å². The van der Waals surface area contributed by atoms with Crippen molar-refractivity contribution in [1.29, 1.82) is 0 Å². The van der Waals surface area contributed by atoms with Gasteiger partial charge in [0.1, 0.15) is 17.9 Å². The van der Waals surface area contributed by atoms with Gasteiger partial charge in [0.2, 0.25) is 5.91 Å². The molecule has 0 bridgehead atoms. The van der Waals surface area contributed by atoms with Crippen LogP contribution < -0.4 is 0 Å². The van der Waals surface area contributed by atoms with Gasteiger partial charge in [-0.15, -0.1) is 11.3 Å². The van der Waals surface area contributed by atoms with Crippen molar-refractivity contribution in [2.24, 2.45) is 0 Å². The van der Waals surface area contributed by atoms with Crippen LogP contribution in [0, 0.1) is 17.5 Å². The van der Waals surface area contributed by atoms with Crippen molar-refractivity contribution < 1.29 is 27.5 Å². The monoisotopic (exact) mass is 436 g/mol. The number of benzene rings is 2. The van der Waals surface area contributed by atoms with Crippen LogP contribution in [-0.2, 0) is 27.3 Å². The number of hydrogen-bond acceptors (Lipinski definition) is 5. The first-order valence-corrected chi connectivity index (χ1v) is 10.1. The zero-order valence-electron chi connectivity index (χ0n) is 16.2. The third kappa shape index (κ3) is 5.15. The summed E-state index contributed by atoms with van der Waals surface area (Å²) in [6.07, 6.45) is 0.0740. The number of carbonyl (C=O) groups excluding carboxylic acids is 2. The van der Waals surface area contributed by atoms with Gasteiger partial charge in [-0.2, -0.15) is 0 Å². The second kappa shape index (κ2) is 9.71. The van der Waals surface area contributed by atoms with Gasteiger partial charge in [0, 0.05) is 25.5 Å². The largest absolute Gasteiger partial charge is 0.465 e. The zero-order valence-corrected chi connectivity index (χ0v) is 17.0. The molecule has 5 nitrogen and oxygen atoms in total. The van der Waals surface area contributed by atoms with Crippen molar-refractivity contribution in [3.8, 4) is 0 Å². The third-order valence-electron chi connectivity index (χ3n) is 4.31. The molecular weight excluding hydrogens is 417 g/mol. The van der Waals surface area contributed by atoms with E-state index in [2.05, 4.69) is 4.98 Å². The zero-order chi connectivity index (χ0) is 21.7. The molecule has 3 rings (SSSR count). The SMILES string of the molecule is CCOC(=O)CN(Cc1ccccc1)C(=O)CCc1nc2c(F)c(F)cc(F)c2s1. The standard InChI is InChI=1S/C21H19F3N2O3S/c1-2-29-18(28)12-26(11-13-6-4-3-5-7-13)17(27)9-8-16-25-20-19(24)14(22)10-15(23)21(20)30-16/h3-7,10H,2,8-9,11-12H2,1H3. The van der Waals surface area contributed by atoms with E-state index in [1.54, 1.807) is 6.92 Å². The summed E-state index contributed by atoms with van der Waals surface area (Å²) in [6, 6.07) is 9.64. The molecule has 0 N–H and O–H groups in total. The number of aromatic nitrogens is 1. The first kappa shape index (κ1) is 21.8. The number of amides is 1. The van der Waals surface area contributed by atoms with Gasteiger partial charge >= 0.3 is 5.97 Å². The number of hydrogen-bond donors (Lipinski definition) is 0. The molecule has 0 aliphatic heterocycles. The van der Waals surface area contributed by atoms with Crippen LogP contribution in [0.15, 0.2) is 36.4 Å².